The number of benzene rings is 3. The maximum Gasteiger partial charge on any atom is 0.301 e. The molecule has 1 aliphatic heterocycles. The van der Waals surface area contributed by atoms with Crippen molar-refractivity contribution in [2.75, 3.05) is 11.5 Å². The molecule has 0 saturated carbocycles. The maximum absolute atomic E-state index is 13.4. The molecule has 4 aromatic rings. The van der Waals surface area contributed by atoms with Crippen LogP contribution in [0.5, 0.6) is 5.75 Å². The predicted molar refractivity (Wildman–Crippen MR) is 140 cm³/mol. The Kier molecular flexibility index (Phi) is 6.18. The Morgan fingerprint density at radius 1 is 1.11 bits per heavy atom. The van der Waals surface area contributed by atoms with Crippen LogP contribution in [0, 0.1) is 17.0 Å². The number of rotatable bonds is 6. The summed E-state index contributed by atoms with van der Waals surface area (Å²) < 4.78 is 6.29. The SMILES string of the molecule is CCOc1ccc(C(O)=C2C(=O)C(=O)N(c3nc4ccc(C)cc4s3)C2c2ccc([N+](=O)[O-])cc2)cc1. The molecular weight excluding hydrogens is 494 g/mol. The number of hydrogen-bond donors (Lipinski definition) is 1. The number of aliphatic hydroxyl groups excluding tert-OH is 1. The van der Waals surface area contributed by atoms with E-state index in [4.69, 9.17) is 4.74 Å². The van der Waals surface area contributed by atoms with Gasteiger partial charge in [0.2, 0.25) is 0 Å². The molecule has 1 N–H and O–H groups in total. The van der Waals surface area contributed by atoms with Crippen LogP contribution in [0.4, 0.5) is 10.8 Å². The van der Waals surface area contributed by atoms with Gasteiger partial charge in [0.1, 0.15) is 11.5 Å². The fourth-order valence-electron chi connectivity index (χ4n) is 4.28. The van der Waals surface area contributed by atoms with Crippen molar-refractivity contribution in [1.29, 1.82) is 0 Å². The van der Waals surface area contributed by atoms with Crippen molar-refractivity contribution in [1.82, 2.24) is 4.98 Å². The lowest BCUT2D eigenvalue weighted by Gasteiger charge is -2.22. The van der Waals surface area contributed by atoms with E-state index in [1.54, 1.807) is 24.3 Å². The first-order valence-corrected chi connectivity index (χ1v) is 12.3. The van der Waals surface area contributed by atoms with Crippen molar-refractivity contribution in [2.45, 2.75) is 19.9 Å². The van der Waals surface area contributed by atoms with E-state index in [0.717, 1.165) is 10.3 Å². The Morgan fingerprint density at radius 3 is 2.46 bits per heavy atom. The third-order valence-electron chi connectivity index (χ3n) is 6.04. The van der Waals surface area contributed by atoms with Crippen LogP contribution in [0.25, 0.3) is 16.0 Å². The van der Waals surface area contributed by atoms with Crippen LogP contribution in [-0.2, 0) is 9.59 Å². The summed E-state index contributed by atoms with van der Waals surface area (Å²) in [5.74, 6) is -1.47. The number of nitro benzene ring substituents is 1. The number of aliphatic hydroxyl groups is 1. The number of fused-ring (bicyclic) bond motifs is 1. The maximum atomic E-state index is 13.4. The first-order valence-electron chi connectivity index (χ1n) is 11.4. The number of aryl methyl sites for hydroxylation is 1. The number of ether oxygens (including phenoxy) is 1. The monoisotopic (exact) mass is 515 g/mol. The molecule has 1 aliphatic rings. The number of amides is 1. The van der Waals surface area contributed by atoms with Gasteiger partial charge in [-0.3, -0.25) is 24.6 Å². The minimum Gasteiger partial charge on any atom is -0.507 e. The highest BCUT2D eigenvalue weighted by atomic mass is 32.1. The van der Waals surface area contributed by atoms with Crippen molar-refractivity contribution >= 4 is 49.8 Å². The Balaban J connectivity index is 1.68. The largest absolute Gasteiger partial charge is 0.507 e. The van der Waals surface area contributed by atoms with Gasteiger partial charge in [-0.2, -0.15) is 0 Å². The molecule has 0 aliphatic carbocycles. The van der Waals surface area contributed by atoms with E-state index >= 15 is 0 Å². The topological polar surface area (TPSA) is 123 Å². The third kappa shape index (κ3) is 4.31. The quantitative estimate of drug-likeness (QED) is 0.118. The summed E-state index contributed by atoms with van der Waals surface area (Å²) in [7, 11) is 0. The molecule has 2 heterocycles. The zero-order valence-corrected chi connectivity index (χ0v) is 20.7. The fraction of sp³-hybridized carbons (Fsp3) is 0.148. The van der Waals surface area contributed by atoms with Crippen LogP contribution in [0.2, 0.25) is 0 Å². The number of aromatic nitrogens is 1. The summed E-state index contributed by atoms with van der Waals surface area (Å²) in [5, 5.41) is 22.7. The van der Waals surface area contributed by atoms with Crippen molar-refractivity contribution in [3.63, 3.8) is 0 Å². The van der Waals surface area contributed by atoms with Gasteiger partial charge in [-0.05, 0) is 73.5 Å². The number of Topliss-reactive ketones (excluding diaryl/α,β-unsaturated/α-hetero) is 1. The Morgan fingerprint density at radius 2 is 1.81 bits per heavy atom. The van der Waals surface area contributed by atoms with E-state index in [1.807, 2.05) is 32.0 Å². The van der Waals surface area contributed by atoms with E-state index in [1.165, 1.54) is 40.5 Å². The van der Waals surface area contributed by atoms with Crippen molar-refractivity contribution < 1.29 is 24.4 Å². The fourth-order valence-corrected chi connectivity index (χ4v) is 5.37. The first kappa shape index (κ1) is 24.1. The molecule has 1 atom stereocenters. The molecule has 37 heavy (non-hydrogen) atoms. The summed E-state index contributed by atoms with van der Waals surface area (Å²) in [6, 6.07) is 16.7. The summed E-state index contributed by atoms with van der Waals surface area (Å²) in [6.45, 7) is 4.26. The first-order chi connectivity index (χ1) is 17.8. The molecule has 9 nitrogen and oxygen atoms in total. The highest BCUT2D eigenvalue weighted by Crippen LogP contribution is 2.44. The molecule has 5 rings (SSSR count). The molecule has 1 unspecified atom stereocenters. The summed E-state index contributed by atoms with van der Waals surface area (Å²) in [4.78, 5) is 43.2. The van der Waals surface area contributed by atoms with E-state index in [9.17, 15) is 24.8 Å². The van der Waals surface area contributed by atoms with E-state index in [-0.39, 0.29) is 22.2 Å². The van der Waals surface area contributed by atoms with Crippen LogP contribution in [-0.4, -0.2) is 33.3 Å². The highest BCUT2D eigenvalue weighted by molar-refractivity contribution is 7.22. The Labute approximate surface area is 215 Å². The van der Waals surface area contributed by atoms with E-state index in [2.05, 4.69) is 4.98 Å². The van der Waals surface area contributed by atoms with Crippen LogP contribution in [0.1, 0.15) is 29.7 Å². The zero-order valence-electron chi connectivity index (χ0n) is 19.9. The van der Waals surface area contributed by atoms with Gasteiger partial charge in [-0.15, -0.1) is 0 Å². The normalized spacial score (nSPS) is 16.9. The second-order valence-corrected chi connectivity index (χ2v) is 9.45. The van der Waals surface area contributed by atoms with Crippen molar-refractivity contribution in [3.8, 4) is 5.75 Å². The smallest absolute Gasteiger partial charge is 0.301 e. The summed E-state index contributed by atoms with van der Waals surface area (Å²) >= 11 is 1.25. The van der Waals surface area contributed by atoms with Crippen LogP contribution < -0.4 is 9.64 Å². The lowest BCUT2D eigenvalue weighted by molar-refractivity contribution is -0.384. The molecular formula is C27H21N3O6S. The number of thiazole rings is 1. The molecule has 0 radical (unpaired) electrons. The third-order valence-corrected chi connectivity index (χ3v) is 7.06. The molecule has 3 aromatic carbocycles. The van der Waals surface area contributed by atoms with Gasteiger partial charge in [0.15, 0.2) is 5.13 Å². The number of nitrogens with zero attached hydrogens (tertiary/aromatic N) is 3. The van der Waals surface area contributed by atoms with Gasteiger partial charge in [0.05, 0.1) is 33.4 Å². The molecule has 1 fully saturated rings. The van der Waals surface area contributed by atoms with Gasteiger partial charge in [-0.25, -0.2) is 4.98 Å². The molecule has 0 spiro atoms. The molecule has 0 bridgehead atoms. The number of ketones is 1. The number of carbonyl (C=O) groups excluding carboxylic acids is 2. The second kappa shape index (κ2) is 9.47. The van der Waals surface area contributed by atoms with Gasteiger partial charge in [0, 0.05) is 17.7 Å². The van der Waals surface area contributed by atoms with E-state index < -0.39 is 22.7 Å². The van der Waals surface area contributed by atoms with E-state index in [0.29, 0.717) is 29.0 Å². The summed E-state index contributed by atoms with van der Waals surface area (Å²) in [5.41, 5.74) is 2.18. The molecule has 186 valence electrons. The number of non-ortho nitro benzene ring substituents is 1. The standard InChI is InChI=1S/C27H21N3O6S/c1-3-36-19-11-7-17(8-12-19)24(31)22-23(16-5-9-18(10-6-16)30(34)35)29(26(33)25(22)32)27-28-20-13-4-15(2)14-21(20)37-27/h4-14,23,31H,3H2,1-2H3. The van der Waals surface area contributed by atoms with Crippen LogP contribution in [0.15, 0.2) is 72.3 Å². The predicted octanol–water partition coefficient (Wildman–Crippen LogP) is 5.54. The van der Waals surface area contributed by atoms with Crippen molar-refractivity contribution in [2.24, 2.45) is 0 Å². The lowest BCUT2D eigenvalue weighted by Crippen LogP contribution is -2.29. The second-order valence-electron chi connectivity index (χ2n) is 8.44. The zero-order chi connectivity index (χ0) is 26.3. The van der Waals surface area contributed by atoms with Gasteiger partial charge in [-0.1, -0.05) is 17.4 Å². The van der Waals surface area contributed by atoms with Gasteiger partial charge < -0.3 is 9.84 Å². The number of anilines is 1. The Hall–Kier alpha value is -4.57. The van der Waals surface area contributed by atoms with Gasteiger partial charge in [0.25, 0.3) is 11.5 Å². The number of hydrogen-bond acceptors (Lipinski definition) is 8. The molecule has 1 aromatic heterocycles. The minimum atomic E-state index is -1.03. The van der Waals surface area contributed by atoms with Crippen LogP contribution in [0.3, 0.4) is 0 Å². The Bertz CT molecular complexity index is 1570. The number of carbonyl (C=O) groups is 2. The molecule has 1 saturated heterocycles. The molecule has 1 amide bonds. The van der Waals surface area contributed by atoms with Gasteiger partial charge >= 0.3 is 5.91 Å². The van der Waals surface area contributed by atoms with Crippen LogP contribution >= 0.6 is 11.3 Å². The average Bonchev–Trinajstić information content (AvgIpc) is 3.42. The average molecular weight is 516 g/mol. The lowest BCUT2D eigenvalue weighted by atomic mass is 9.95. The van der Waals surface area contributed by atoms with Crippen molar-refractivity contribution in [3.05, 3.63) is 99.1 Å². The molecule has 10 heteroatoms. The summed E-state index contributed by atoms with van der Waals surface area (Å²) in [6.07, 6.45) is 0. The number of nitro groups is 1. The minimum absolute atomic E-state index is 0.126. The highest BCUT2D eigenvalue weighted by Gasteiger charge is 2.48.